The van der Waals surface area contributed by atoms with Gasteiger partial charge in [-0.15, -0.1) is 0 Å². The Morgan fingerprint density at radius 3 is 2.10 bits per heavy atom. The van der Waals surface area contributed by atoms with Gasteiger partial charge in [-0.25, -0.2) is 4.79 Å². The lowest BCUT2D eigenvalue weighted by Gasteiger charge is -2.19. The number of benzene rings is 1. The van der Waals surface area contributed by atoms with Crippen LogP contribution in [0.4, 0.5) is 4.79 Å². The first-order valence-electron chi connectivity index (χ1n) is 7.03. The molecule has 0 radical (unpaired) electrons. The van der Waals surface area contributed by atoms with Gasteiger partial charge in [0, 0.05) is 13.0 Å². The lowest BCUT2D eigenvalue weighted by atomic mass is 10.1. The molecule has 21 heavy (non-hydrogen) atoms. The van der Waals surface area contributed by atoms with E-state index in [0.29, 0.717) is 19.4 Å². The summed E-state index contributed by atoms with van der Waals surface area (Å²) in [6.45, 7) is 5.97. The van der Waals surface area contributed by atoms with Gasteiger partial charge >= 0.3 is 12.1 Å². The molecule has 0 saturated carbocycles. The van der Waals surface area contributed by atoms with Crippen molar-refractivity contribution < 1.29 is 19.4 Å². The minimum Gasteiger partial charge on any atom is -0.481 e. The van der Waals surface area contributed by atoms with E-state index in [0.717, 1.165) is 11.1 Å². The molecule has 5 heteroatoms. The van der Waals surface area contributed by atoms with E-state index in [-0.39, 0.29) is 6.42 Å². The summed E-state index contributed by atoms with van der Waals surface area (Å²) >= 11 is 0. The number of alkyl carbamates (subject to hydrolysis) is 1. The first-order valence-corrected chi connectivity index (χ1v) is 7.03. The van der Waals surface area contributed by atoms with Gasteiger partial charge in [-0.1, -0.05) is 24.3 Å². The van der Waals surface area contributed by atoms with Crippen LogP contribution in [-0.2, 0) is 22.4 Å². The summed E-state index contributed by atoms with van der Waals surface area (Å²) in [6, 6.07) is 7.75. The Labute approximate surface area is 125 Å². The van der Waals surface area contributed by atoms with E-state index in [9.17, 15) is 9.59 Å². The van der Waals surface area contributed by atoms with Gasteiger partial charge in [0.15, 0.2) is 0 Å². The SMILES string of the molecule is CC(C)(C)OC(=O)NCCc1ccc(CCC(=O)O)cc1. The zero-order valence-corrected chi connectivity index (χ0v) is 12.8. The number of carbonyl (C=O) groups excluding carboxylic acids is 1. The van der Waals surface area contributed by atoms with Gasteiger partial charge in [-0.05, 0) is 44.7 Å². The van der Waals surface area contributed by atoms with Gasteiger partial charge in [0.2, 0.25) is 0 Å². The van der Waals surface area contributed by atoms with Gasteiger partial charge in [0.1, 0.15) is 5.60 Å². The van der Waals surface area contributed by atoms with Crippen molar-refractivity contribution in [2.45, 2.75) is 45.6 Å². The number of carboxylic acids is 1. The van der Waals surface area contributed by atoms with Crippen LogP contribution in [-0.4, -0.2) is 29.3 Å². The summed E-state index contributed by atoms with van der Waals surface area (Å²) in [7, 11) is 0. The molecule has 2 N–H and O–H groups in total. The van der Waals surface area contributed by atoms with Crippen LogP contribution >= 0.6 is 0 Å². The van der Waals surface area contributed by atoms with Gasteiger partial charge in [0.05, 0.1) is 0 Å². The summed E-state index contributed by atoms with van der Waals surface area (Å²) in [5.74, 6) is -0.791. The monoisotopic (exact) mass is 293 g/mol. The zero-order chi connectivity index (χ0) is 15.9. The molecule has 0 atom stereocenters. The second-order valence-electron chi connectivity index (χ2n) is 5.89. The molecular weight excluding hydrogens is 270 g/mol. The molecule has 0 aliphatic heterocycles. The first kappa shape index (κ1) is 17.0. The molecule has 0 unspecified atom stereocenters. The van der Waals surface area contributed by atoms with Crippen molar-refractivity contribution in [3.8, 4) is 0 Å². The summed E-state index contributed by atoms with van der Waals surface area (Å²) in [4.78, 5) is 22.0. The van der Waals surface area contributed by atoms with Crippen LogP contribution < -0.4 is 5.32 Å². The Hall–Kier alpha value is -2.04. The Balaban J connectivity index is 2.33. The molecule has 0 spiro atoms. The molecule has 0 fully saturated rings. The number of rotatable bonds is 6. The Kier molecular flexibility index (Phi) is 6.21. The summed E-state index contributed by atoms with van der Waals surface area (Å²) in [5, 5.41) is 11.3. The van der Waals surface area contributed by atoms with Crippen LogP contribution in [0.15, 0.2) is 24.3 Å². The summed E-state index contributed by atoms with van der Waals surface area (Å²) in [6.07, 6.45) is 0.963. The van der Waals surface area contributed by atoms with E-state index in [1.54, 1.807) is 0 Å². The molecule has 0 aliphatic rings. The third-order valence-corrected chi connectivity index (χ3v) is 2.73. The molecule has 0 heterocycles. The van der Waals surface area contributed by atoms with Gasteiger partial charge in [0.25, 0.3) is 0 Å². The number of hydrogen-bond donors (Lipinski definition) is 2. The summed E-state index contributed by atoms with van der Waals surface area (Å²) < 4.78 is 5.14. The second-order valence-corrected chi connectivity index (χ2v) is 5.89. The maximum absolute atomic E-state index is 11.5. The van der Waals surface area contributed by atoms with Crippen molar-refractivity contribution in [2.24, 2.45) is 0 Å². The van der Waals surface area contributed by atoms with Crippen molar-refractivity contribution in [2.75, 3.05) is 6.54 Å². The Morgan fingerprint density at radius 2 is 1.62 bits per heavy atom. The van der Waals surface area contributed by atoms with Crippen LogP contribution in [0.3, 0.4) is 0 Å². The van der Waals surface area contributed by atoms with Crippen LogP contribution in [0, 0.1) is 0 Å². The largest absolute Gasteiger partial charge is 0.481 e. The van der Waals surface area contributed by atoms with Crippen molar-refractivity contribution in [1.29, 1.82) is 0 Å². The number of amides is 1. The standard InChI is InChI=1S/C16H23NO4/c1-16(2,3)21-15(20)17-11-10-13-6-4-12(5-7-13)8-9-14(18)19/h4-7H,8-11H2,1-3H3,(H,17,20)(H,18,19). The highest BCUT2D eigenvalue weighted by Gasteiger charge is 2.15. The fourth-order valence-corrected chi connectivity index (χ4v) is 1.75. The average Bonchev–Trinajstić information content (AvgIpc) is 2.35. The number of carboxylic acid groups (broad SMARTS) is 1. The number of carbonyl (C=O) groups is 2. The molecule has 1 aromatic carbocycles. The predicted octanol–water partition coefficient (Wildman–Crippen LogP) is 2.77. The smallest absolute Gasteiger partial charge is 0.407 e. The number of aliphatic carboxylic acids is 1. The average molecular weight is 293 g/mol. The second kappa shape index (κ2) is 7.67. The third-order valence-electron chi connectivity index (χ3n) is 2.73. The molecule has 0 aromatic heterocycles. The van der Waals surface area contributed by atoms with E-state index < -0.39 is 17.7 Å². The minimum atomic E-state index is -0.791. The van der Waals surface area contributed by atoms with Crippen LogP contribution in [0.5, 0.6) is 0 Å². The highest BCUT2D eigenvalue weighted by atomic mass is 16.6. The quantitative estimate of drug-likeness (QED) is 0.845. The molecule has 0 aliphatic carbocycles. The van der Waals surface area contributed by atoms with Crippen LogP contribution in [0.2, 0.25) is 0 Å². The van der Waals surface area contributed by atoms with Crippen molar-refractivity contribution in [1.82, 2.24) is 5.32 Å². The lowest BCUT2D eigenvalue weighted by Crippen LogP contribution is -2.33. The van der Waals surface area contributed by atoms with E-state index in [1.807, 2.05) is 45.0 Å². The fourth-order valence-electron chi connectivity index (χ4n) is 1.75. The van der Waals surface area contributed by atoms with E-state index in [4.69, 9.17) is 9.84 Å². The topological polar surface area (TPSA) is 75.6 Å². The van der Waals surface area contributed by atoms with Crippen molar-refractivity contribution in [3.63, 3.8) is 0 Å². The molecule has 1 aromatic rings. The fraction of sp³-hybridized carbons (Fsp3) is 0.500. The van der Waals surface area contributed by atoms with Gasteiger partial charge in [-0.3, -0.25) is 4.79 Å². The number of aryl methyl sites for hydroxylation is 1. The number of hydrogen-bond acceptors (Lipinski definition) is 3. The first-order chi connectivity index (χ1) is 9.76. The molecule has 116 valence electrons. The number of nitrogens with one attached hydrogen (secondary N) is 1. The summed E-state index contributed by atoms with van der Waals surface area (Å²) in [5.41, 5.74) is 1.60. The normalized spacial score (nSPS) is 11.0. The highest BCUT2D eigenvalue weighted by molar-refractivity contribution is 5.67. The zero-order valence-electron chi connectivity index (χ0n) is 12.8. The maximum atomic E-state index is 11.5. The van der Waals surface area contributed by atoms with Gasteiger partial charge in [-0.2, -0.15) is 0 Å². The molecule has 0 saturated heterocycles. The predicted molar refractivity (Wildman–Crippen MR) is 80.3 cm³/mol. The van der Waals surface area contributed by atoms with Gasteiger partial charge < -0.3 is 15.2 Å². The maximum Gasteiger partial charge on any atom is 0.407 e. The van der Waals surface area contributed by atoms with E-state index in [2.05, 4.69) is 5.32 Å². The third kappa shape index (κ3) is 7.97. The Bertz CT molecular complexity index is 474. The van der Waals surface area contributed by atoms with E-state index in [1.165, 1.54) is 0 Å². The molecular formula is C16H23NO4. The lowest BCUT2D eigenvalue weighted by molar-refractivity contribution is -0.136. The molecule has 1 amide bonds. The Morgan fingerprint density at radius 1 is 1.10 bits per heavy atom. The number of ether oxygens (including phenoxy) is 1. The molecule has 5 nitrogen and oxygen atoms in total. The van der Waals surface area contributed by atoms with Crippen molar-refractivity contribution >= 4 is 12.1 Å². The minimum absolute atomic E-state index is 0.138. The molecule has 1 rings (SSSR count). The van der Waals surface area contributed by atoms with E-state index >= 15 is 0 Å². The highest BCUT2D eigenvalue weighted by Crippen LogP contribution is 2.08. The van der Waals surface area contributed by atoms with Crippen LogP contribution in [0.1, 0.15) is 38.3 Å². The van der Waals surface area contributed by atoms with Crippen LogP contribution in [0.25, 0.3) is 0 Å². The molecule has 0 bridgehead atoms. The van der Waals surface area contributed by atoms with Crippen molar-refractivity contribution in [3.05, 3.63) is 35.4 Å².